The molecule has 1 aromatic carbocycles. The van der Waals surface area contributed by atoms with Gasteiger partial charge in [0, 0.05) is 12.5 Å². The smallest absolute Gasteiger partial charge is 0.261 e. The van der Waals surface area contributed by atoms with Crippen molar-refractivity contribution in [2.45, 2.75) is 38.8 Å². The number of fused-ring (bicyclic) bond motifs is 1. The lowest BCUT2D eigenvalue weighted by Crippen LogP contribution is -2.41. The summed E-state index contributed by atoms with van der Waals surface area (Å²) in [6.45, 7) is 4.05. The average Bonchev–Trinajstić information content (AvgIpc) is 2.72. The van der Waals surface area contributed by atoms with Crippen molar-refractivity contribution in [3.63, 3.8) is 0 Å². The molecule has 0 aliphatic carbocycles. The second-order valence-electron chi connectivity index (χ2n) is 4.24. The number of nitrogens with one attached hydrogen (secondary N) is 1. The number of carbonyl (C=O) groups is 1. The Balaban J connectivity index is 1.98. The molecule has 2 rings (SSSR count). The summed E-state index contributed by atoms with van der Waals surface area (Å²) in [4.78, 5) is 11.8. The highest BCUT2D eigenvalue weighted by molar-refractivity contribution is 5.82. The molecule has 1 N–H and O–H groups in total. The number of para-hydroxylation sites is 1. The number of ether oxygens (including phenoxy) is 1. The number of hydrogen-bond donors (Lipinski definition) is 1. The van der Waals surface area contributed by atoms with Crippen LogP contribution >= 0.6 is 0 Å². The maximum absolute atomic E-state index is 11.8. The summed E-state index contributed by atoms with van der Waals surface area (Å²) in [6, 6.07) is 8.02. The largest absolute Gasteiger partial charge is 0.480 e. The van der Waals surface area contributed by atoms with E-state index in [1.807, 2.05) is 31.2 Å². The van der Waals surface area contributed by atoms with Crippen molar-refractivity contribution in [3.05, 3.63) is 29.8 Å². The topological polar surface area (TPSA) is 38.3 Å². The second-order valence-corrected chi connectivity index (χ2v) is 4.24. The highest BCUT2D eigenvalue weighted by Crippen LogP contribution is 2.28. The normalized spacial score (nSPS) is 19.8. The van der Waals surface area contributed by atoms with E-state index in [0.717, 1.165) is 17.7 Å². The van der Waals surface area contributed by atoms with Gasteiger partial charge in [-0.25, -0.2) is 0 Å². The first-order valence-corrected chi connectivity index (χ1v) is 5.75. The quantitative estimate of drug-likeness (QED) is 0.843. The minimum Gasteiger partial charge on any atom is -0.480 e. The van der Waals surface area contributed by atoms with Crippen LogP contribution in [0.15, 0.2) is 24.3 Å². The lowest BCUT2D eigenvalue weighted by molar-refractivity contribution is -0.127. The molecule has 16 heavy (non-hydrogen) atoms. The van der Waals surface area contributed by atoms with Crippen LogP contribution in [0.25, 0.3) is 0 Å². The molecule has 86 valence electrons. The minimum atomic E-state index is -0.355. The van der Waals surface area contributed by atoms with Gasteiger partial charge in [-0.1, -0.05) is 25.1 Å². The van der Waals surface area contributed by atoms with E-state index >= 15 is 0 Å². The van der Waals surface area contributed by atoms with Gasteiger partial charge in [-0.05, 0) is 25.0 Å². The summed E-state index contributed by atoms with van der Waals surface area (Å²) < 4.78 is 5.60. The van der Waals surface area contributed by atoms with E-state index in [9.17, 15) is 4.79 Å². The molecule has 0 radical (unpaired) electrons. The molecule has 1 aromatic rings. The van der Waals surface area contributed by atoms with E-state index in [2.05, 4.69) is 12.2 Å². The standard InChI is InChI=1S/C13H17NO2/c1-3-9(2)14-13(15)12-8-10-6-4-5-7-11(10)16-12/h4-7,9,12H,3,8H2,1-2H3,(H,14,15). The Morgan fingerprint density at radius 2 is 2.31 bits per heavy atom. The van der Waals surface area contributed by atoms with Crippen LogP contribution in [-0.4, -0.2) is 18.1 Å². The van der Waals surface area contributed by atoms with Crippen LogP contribution in [0.2, 0.25) is 0 Å². The van der Waals surface area contributed by atoms with Gasteiger partial charge in [-0.2, -0.15) is 0 Å². The second kappa shape index (κ2) is 4.56. The lowest BCUT2D eigenvalue weighted by Gasteiger charge is -2.15. The molecular weight excluding hydrogens is 202 g/mol. The number of hydrogen-bond acceptors (Lipinski definition) is 2. The molecule has 0 saturated heterocycles. The van der Waals surface area contributed by atoms with E-state index in [4.69, 9.17) is 4.74 Å². The van der Waals surface area contributed by atoms with E-state index < -0.39 is 0 Å². The predicted molar refractivity (Wildman–Crippen MR) is 62.5 cm³/mol. The fraction of sp³-hybridized carbons (Fsp3) is 0.462. The molecule has 3 nitrogen and oxygen atoms in total. The number of benzene rings is 1. The molecule has 1 aliphatic rings. The van der Waals surface area contributed by atoms with Crippen molar-refractivity contribution < 1.29 is 9.53 Å². The Bertz CT molecular complexity index is 364. The van der Waals surface area contributed by atoms with Crippen molar-refractivity contribution in [1.29, 1.82) is 0 Å². The zero-order valence-corrected chi connectivity index (χ0v) is 9.69. The monoisotopic (exact) mass is 219 g/mol. The van der Waals surface area contributed by atoms with Crippen molar-refractivity contribution in [2.75, 3.05) is 0 Å². The maximum Gasteiger partial charge on any atom is 0.261 e. The van der Waals surface area contributed by atoms with Gasteiger partial charge in [0.25, 0.3) is 5.91 Å². The Hall–Kier alpha value is -1.51. The highest BCUT2D eigenvalue weighted by atomic mass is 16.5. The molecule has 0 fully saturated rings. The van der Waals surface area contributed by atoms with Gasteiger partial charge in [0.15, 0.2) is 6.10 Å². The molecule has 2 atom stereocenters. The third-order valence-corrected chi connectivity index (χ3v) is 2.94. The summed E-state index contributed by atoms with van der Waals surface area (Å²) in [5, 5.41) is 2.94. The van der Waals surface area contributed by atoms with Crippen LogP contribution in [0.3, 0.4) is 0 Å². The van der Waals surface area contributed by atoms with Gasteiger partial charge >= 0.3 is 0 Å². The molecule has 1 heterocycles. The fourth-order valence-corrected chi connectivity index (χ4v) is 1.77. The zero-order valence-electron chi connectivity index (χ0n) is 9.69. The van der Waals surface area contributed by atoms with Crippen LogP contribution in [-0.2, 0) is 11.2 Å². The fourth-order valence-electron chi connectivity index (χ4n) is 1.77. The number of rotatable bonds is 3. The first-order chi connectivity index (χ1) is 7.70. The number of carbonyl (C=O) groups excluding carboxylic acids is 1. The van der Waals surface area contributed by atoms with Gasteiger partial charge in [-0.3, -0.25) is 4.79 Å². The predicted octanol–water partition coefficient (Wildman–Crippen LogP) is 1.90. The van der Waals surface area contributed by atoms with Gasteiger partial charge in [0.2, 0.25) is 0 Å². The summed E-state index contributed by atoms with van der Waals surface area (Å²) in [7, 11) is 0. The highest BCUT2D eigenvalue weighted by Gasteiger charge is 2.28. The van der Waals surface area contributed by atoms with Crippen LogP contribution in [0.1, 0.15) is 25.8 Å². The molecule has 0 aromatic heterocycles. The molecule has 1 amide bonds. The van der Waals surface area contributed by atoms with Crippen LogP contribution in [0, 0.1) is 0 Å². The van der Waals surface area contributed by atoms with E-state index in [1.54, 1.807) is 0 Å². The molecule has 2 unspecified atom stereocenters. The Morgan fingerprint density at radius 1 is 1.56 bits per heavy atom. The van der Waals surface area contributed by atoms with Crippen LogP contribution in [0.4, 0.5) is 0 Å². The molecule has 0 spiro atoms. The Morgan fingerprint density at radius 3 is 3.00 bits per heavy atom. The van der Waals surface area contributed by atoms with E-state index in [0.29, 0.717) is 6.42 Å². The summed E-state index contributed by atoms with van der Waals surface area (Å²) >= 11 is 0. The molecule has 1 aliphatic heterocycles. The number of amides is 1. The molecule has 3 heteroatoms. The van der Waals surface area contributed by atoms with Gasteiger partial charge < -0.3 is 10.1 Å². The average molecular weight is 219 g/mol. The molecular formula is C13H17NO2. The summed E-state index contributed by atoms with van der Waals surface area (Å²) in [5.41, 5.74) is 1.12. The van der Waals surface area contributed by atoms with E-state index in [-0.39, 0.29) is 18.1 Å². The molecule has 0 bridgehead atoms. The van der Waals surface area contributed by atoms with Crippen molar-refractivity contribution >= 4 is 5.91 Å². The van der Waals surface area contributed by atoms with Crippen molar-refractivity contribution in [3.8, 4) is 5.75 Å². The zero-order chi connectivity index (χ0) is 11.5. The SMILES string of the molecule is CCC(C)NC(=O)C1Cc2ccccc2O1. The third kappa shape index (κ3) is 2.18. The van der Waals surface area contributed by atoms with E-state index in [1.165, 1.54) is 0 Å². The third-order valence-electron chi connectivity index (χ3n) is 2.94. The lowest BCUT2D eigenvalue weighted by atomic mass is 10.1. The summed E-state index contributed by atoms with van der Waals surface area (Å²) in [6.07, 6.45) is 1.26. The Kier molecular flexibility index (Phi) is 3.13. The van der Waals surface area contributed by atoms with Crippen LogP contribution < -0.4 is 10.1 Å². The maximum atomic E-state index is 11.8. The van der Waals surface area contributed by atoms with Gasteiger partial charge in [-0.15, -0.1) is 0 Å². The first-order valence-electron chi connectivity index (χ1n) is 5.75. The Labute approximate surface area is 95.8 Å². The van der Waals surface area contributed by atoms with Crippen LogP contribution in [0.5, 0.6) is 5.75 Å². The van der Waals surface area contributed by atoms with Gasteiger partial charge in [0.05, 0.1) is 0 Å². The minimum absolute atomic E-state index is 0.00875. The summed E-state index contributed by atoms with van der Waals surface area (Å²) in [5.74, 6) is 0.831. The van der Waals surface area contributed by atoms with Gasteiger partial charge in [0.1, 0.15) is 5.75 Å². The van der Waals surface area contributed by atoms with Crippen molar-refractivity contribution in [2.24, 2.45) is 0 Å². The first kappa shape index (κ1) is 11.0. The van der Waals surface area contributed by atoms with Crippen molar-refractivity contribution in [1.82, 2.24) is 5.32 Å². The molecule has 0 saturated carbocycles.